The Balaban J connectivity index is 1.97. The molecule has 2 heterocycles. The van der Waals surface area contributed by atoms with Crippen LogP contribution in [0.1, 0.15) is 18.7 Å². The van der Waals surface area contributed by atoms with E-state index in [0.717, 1.165) is 19.4 Å². The number of rotatable bonds is 2. The third kappa shape index (κ3) is 2.82. The van der Waals surface area contributed by atoms with Crippen LogP contribution in [0.5, 0.6) is 5.19 Å². The molecular formula is C8H10F3N3OS. The predicted molar refractivity (Wildman–Crippen MR) is 51.4 cm³/mol. The molecule has 90 valence electrons. The molecule has 1 atom stereocenters. The Morgan fingerprint density at radius 2 is 2.25 bits per heavy atom. The molecule has 0 bridgehead atoms. The van der Waals surface area contributed by atoms with Crippen LogP contribution in [0.25, 0.3) is 0 Å². The number of halogens is 3. The van der Waals surface area contributed by atoms with Gasteiger partial charge in [0.1, 0.15) is 6.10 Å². The van der Waals surface area contributed by atoms with E-state index in [1.54, 1.807) is 0 Å². The van der Waals surface area contributed by atoms with Crippen molar-refractivity contribution < 1.29 is 17.9 Å². The fourth-order valence-corrected chi connectivity index (χ4v) is 2.05. The monoisotopic (exact) mass is 253 g/mol. The van der Waals surface area contributed by atoms with Gasteiger partial charge in [-0.25, -0.2) is 0 Å². The summed E-state index contributed by atoms with van der Waals surface area (Å²) in [7, 11) is 0. The van der Waals surface area contributed by atoms with Crippen molar-refractivity contribution in [1.82, 2.24) is 14.7 Å². The van der Waals surface area contributed by atoms with Crippen LogP contribution < -0.4 is 10.1 Å². The molecule has 0 amide bonds. The number of ether oxygens (including phenoxy) is 1. The van der Waals surface area contributed by atoms with Gasteiger partial charge in [0.15, 0.2) is 0 Å². The second-order valence-electron chi connectivity index (χ2n) is 3.47. The van der Waals surface area contributed by atoms with Crippen molar-refractivity contribution in [2.75, 3.05) is 13.1 Å². The molecule has 8 heteroatoms. The smallest absolute Gasteiger partial charge is 0.452 e. The summed E-state index contributed by atoms with van der Waals surface area (Å²) in [5.41, 5.74) is 0. The van der Waals surface area contributed by atoms with Crippen molar-refractivity contribution >= 4 is 11.5 Å². The van der Waals surface area contributed by atoms with Crippen LogP contribution in [0.3, 0.4) is 0 Å². The maximum Gasteiger partial charge on any atom is 0.452 e. The van der Waals surface area contributed by atoms with E-state index in [-0.39, 0.29) is 11.3 Å². The molecule has 1 saturated heterocycles. The first kappa shape index (κ1) is 11.6. The van der Waals surface area contributed by atoms with Gasteiger partial charge in [-0.2, -0.15) is 22.5 Å². The molecule has 1 aromatic heterocycles. The Bertz CT molecular complexity index is 349. The Morgan fingerprint density at radius 3 is 2.81 bits per heavy atom. The van der Waals surface area contributed by atoms with Crippen LogP contribution in [0.4, 0.5) is 13.2 Å². The fourth-order valence-electron chi connectivity index (χ4n) is 1.44. The molecule has 2 rings (SSSR count). The van der Waals surface area contributed by atoms with Gasteiger partial charge in [0, 0.05) is 18.1 Å². The Hall–Kier alpha value is -0.890. The number of nitrogens with zero attached hydrogens (tertiary/aromatic N) is 2. The normalized spacial score (nSPS) is 22.1. The summed E-state index contributed by atoms with van der Waals surface area (Å²) in [4.78, 5) is 3.31. The average molecular weight is 253 g/mol. The molecular weight excluding hydrogens is 243 g/mol. The van der Waals surface area contributed by atoms with E-state index in [2.05, 4.69) is 14.7 Å². The molecule has 1 aromatic rings. The molecule has 0 aromatic carbocycles. The van der Waals surface area contributed by atoms with E-state index in [0.29, 0.717) is 18.1 Å². The maximum atomic E-state index is 12.2. The summed E-state index contributed by atoms with van der Waals surface area (Å²) in [6, 6.07) is 0. The minimum absolute atomic E-state index is 0.0129. The van der Waals surface area contributed by atoms with Gasteiger partial charge in [-0.1, -0.05) is 0 Å². The minimum atomic E-state index is -4.50. The molecule has 0 radical (unpaired) electrons. The van der Waals surface area contributed by atoms with Gasteiger partial charge in [-0.3, -0.25) is 0 Å². The summed E-state index contributed by atoms with van der Waals surface area (Å²) in [6.45, 7) is 1.56. The highest BCUT2D eigenvalue weighted by molar-refractivity contribution is 7.07. The number of alkyl halides is 3. The summed E-state index contributed by atoms with van der Waals surface area (Å²) >= 11 is 0.639. The lowest BCUT2D eigenvalue weighted by Gasteiger charge is -2.22. The highest BCUT2D eigenvalue weighted by atomic mass is 32.1. The third-order valence-electron chi connectivity index (χ3n) is 2.18. The van der Waals surface area contributed by atoms with Gasteiger partial charge >= 0.3 is 6.18 Å². The lowest BCUT2D eigenvalue weighted by atomic mass is 10.1. The lowest BCUT2D eigenvalue weighted by Crippen LogP contribution is -2.37. The van der Waals surface area contributed by atoms with E-state index >= 15 is 0 Å². The number of hydrogen-bond acceptors (Lipinski definition) is 5. The van der Waals surface area contributed by atoms with Crippen molar-refractivity contribution in [3.63, 3.8) is 0 Å². The Labute approximate surface area is 94.0 Å². The zero-order valence-corrected chi connectivity index (χ0v) is 9.07. The van der Waals surface area contributed by atoms with Crippen LogP contribution in [-0.2, 0) is 6.18 Å². The van der Waals surface area contributed by atoms with E-state index in [1.165, 1.54) is 0 Å². The van der Waals surface area contributed by atoms with Crippen LogP contribution in [0, 0.1) is 0 Å². The summed E-state index contributed by atoms with van der Waals surface area (Å²) in [6.07, 6.45) is -2.82. The molecule has 0 saturated carbocycles. The molecule has 1 aliphatic heterocycles. The van der Waals surface area contributed by atoms with Crippen LogP contribution >= 0.6 is 11.5 Å². The van der Waals surface area contributed by atoms with Crippen molar-refractivity contribution in [1.29, 1.82) is 0 Å². The average Bonchev–Trinajstić information content (AvgIpc) is 2.67. The molecule has 16 heavy (non-hydrogen) atoms. The zero-order chi connectivity index (χ0) is 11.6. The molecule has 0 spiro atoms. The first-order chi connectivity index (χ1) is 7.55. The lowest BCUT2D eigenvalue weighted by molar-refractivity contribution is -0.144. The number of piperidine rings is 1. The van der Waals surface area contributed by atoms with E-state index in [9.17, 15) is 13.2 Å². The SMILES string of the molecule is FC(F)(F)c1nsc(O[C@H]2CCCNC2)n1. The first-order valence-electron chi connectivity index (χ1n) is 4.84. The van der Waals surface area contributed by atoms with Crippen LogP contribution in [-0.4, -0.2) is 28.6 Å². The van der Waals surface area contributed by atoms with Crippen molar-refractivity contribution in [3.05, 3.63) is 5.82 Å². The van der Waals surface area contributed by atoms with Gasteiger partial charge in [-0.15, -0.1) is 0 Å². The van der Waals surface area contributed by atoms with Crippen LogP contribution in [0.15, 0.2) is 0 Å². The molecule has 0 aliphatic carbocycles. The van der Waals surface area contributed by atoms with Gasteiger partial charge in [-0.05, 0) is 19.4 Å². The highest BCUT2D eigenvalue weighted by Gasteiger charge is 2.36. The van der Waals surface area contributed by atoms with E-state index in [1.807, 2.05) is 0 Å². The molecule has 4 nitrogen and oxygen atoms in total. The molecule has 0 unspecified atom stereocenters. The first-order valence-corrected chi connectivity index (χ1v) is 5.61. The summed E-state index contributed by atoms with van der Waals surface area (Å²) in [5, 5.41) is 3.09. The van der Waals surface area contributed by atoms with Gasteiger partial charge < -0.3 is 10.1 Å². The fraction of sp³-hybridized carbons (Fsp3) is 0.750. The maximum absolute atomic E-state index is 12.2. The van der Waals surface area contributed by atoms with Crippen molar-refractivity contribution in [2.24, 2.45) is 0 Å². The Kier molecular flexibility index (Phi) is 3.29. The summed E-state index contributed by atoms with van der Waals surface area (Å²) in [5.74, 6) is -1.13. The summed E-state index contributed by atoms with van der Waals surface area (Å²) < 4.78 is 45.1. The quantitative estimate of drug-likeness (QED) is 0.871. The third-order valence-corrected chi connectivity index (χ3v) is 2.79. The topological polar surface area (TPSA) is 47.0 Å². The Morgan fingerprint density at radius 1 is 1.44 bits per heavy atom. The van der Waals surface area contributed by atoms with Crippen molar-refractivity contribution in [3.8, 4) is 5.19 Å². The van der Waals surface area contributed by atoms with Crippen molar-refractivity contribution in [2.45, 2.75) is 25.1 Å². The molecule has 1 fully saturated rings. The standard InChI is InChI=1S/C8H10F3N3OS/c9-8(10,11)6-13-7(16-14-6)15-5-2-1-3-12-4-5/h5,12H,1-4H2/t5-/m0/s1. The zero-order valence-electron chi connectivity index (χ0n) is 8.25. The number of hydrogen-bond donors (Lipinski definition) is 1. The minimum Gasteiger partial charge on any atom is -0.464 e. The van der Waals surface area contributed by atoms with Gasteiger partial charge in [0.05, 0.1) is 0 Å². The number of nitrogens with one attached hydrogen (secondary N) is 1. The van der Waals surface area contributed by atoms with E-state index < -0.39 is 12.0 Å². The largest absolute Gasteiger partial charge is 0.464 e. The number of aromatic nitrogens is 2. The predicted octanol–water partition coefficient (Wildman–Crippen LogP) is 1.69. The van der Waals surface area contributed by atoms with Crippen LogP contribution in [0.2, 0.25) is 0 Å². The second-order valence-corrected chi connectivity index (χ2v) is 4.18. The van der Waals surface area contributed by atoms with Gasteiger partial charge in [0.25, 0.3) is 11.0 Å². The van der Waals surface area contributed by atoms with Gasteiger partial charge in [0.2, 0.25) is 0 Å². The molecule has 1 aliphatic rings. The highest BCUT2D eigenvalue weighted by Crippen LogP contribution is 2.30. The van der Waals surface area contributed by atoms with E-state index in [4.69, 9.17) is 4.74 Å². The second kappa shape index (κ2) is 4.54. The molecule has 1 N–H and O–H groups in total.